The van der Waals surface area contributed by atoms with Gasteiger partial charge < -0.3 is 4.90 Å². The first-order valence-corrected chi connectivity index (χ1v) is 8.80. The summed E-state index contributed by atoms with van der Waals surface area (Å²) in [6.07, 6.45) is -2.77. The van der Waals surface area contributed by atoms with Crippen molar-refractivity contribution in [3.63, 3.8) is 0 Å². The van der Waals surface area contributed by atoms with Gasteiger partial charge in [0, 0.05) is 11.4 Å². The number of hydrogen-bond donors (Lipinski definition) is 0. The van der Waals surface area contributed by atoms with E-state index in [9.17, 15) is 18.0 Å². The second kappa shape index (κ2) is 6.59. The van der Waals surface area contributed by atoms with E-state index in [0.29, 0.717) is 12.1 Å². The van der Waals surface area contributed by atoms with Crippen LogP contribution in [0.2, 0.25) is 0 Å². The number of amides is 1. The fraction of sp³-hybridized carbons (Fsp3) is 0.389. The highest BCUT2D eigenvalue weighted by Crippen LogP contribution is 2.35. The van der Waals surface area contributed by atoms with E-state index < -0.39 is 11.7 Å². The van der Waals surface area contributed by atoms with E-state index in [4.69, 9.17) is 0 Å². The van der Waals surface area contributed by atoms with Crippen LogP contribution in [0.5, 0.6) is 0 Å². The van der Waals surface area contributed by atoms with Crippen molar-refractivity contribution in [1.29, 1.82) is 0 Å². The Kier molecular flexibility index (Phi) is 4.67. The Morgan fingerprint density at radius 2 is 2.12 bits per heavy atom. The van der Waals surface area contributed by atoms with Crippen molar-refractivity contribution in [2.45, 2.75) is 38.4 Å². The van der Waals surface area contributed by atoms with Gasteiger partial charge in [0.25, 0.3) is 0 Å². The zero-order valence-corrected chi connectivity index (χ0v) is 14.1. The Morgan fingerprint density at radius 1 is 1.33 bits per heavy atom. The molecule has 0 aliphatic carbocycles. The molecule has 1 aromatic carbocycles. The third kappa shape index (κ3) is 3.34. The molecule has 2 heterocycles. The molecule has 1 unspecified atom stereocenters. The minimum absolute atomic E-state index is 0.000109. The molecule has 128 valence electrons. The first-order valence-electron chi connectivity index (χ1n) is 7.92. The molecule has 0 bridgehead atoms. The number of carbonyl (C=O) groups is 1. The van der Waals surface area contributed by atoms with Gasteiger partial charge in [-0.15, -0.1) is 11.3 Å². The Balaban J connectivity index is 1.78. The lowest BCUT2D eigenvalue weighted by molar-refractivity contribution is -0.138. The minimum atomic E-state index is -4.39. The molecule has 0 fully saturated rings. The molecule has 1 aliphatic heterocycles. The summed E-state index contributed by atoms with van der Waals surface area (Å²) in [5.41, 5.74) is 0.880. The molecule has 0 radical (unpaired) electrons. The first-order chi connectivity index (χ1) is 11.4. The molecule has 1 aromatic heterocycles. The summed E-state index contributed by atoms with van der Waals surface area (Å²) in [7, 11) is 0. The van der Waals surface area contributed by atoms with Gasteiger partial charge in [-0.05, 0) is 41.5 Å². The van der Waals surface area contributed by atoms with Crippen LogP contribution in [0.1, 0.15) is 41.0 Å². The lowest BCUT2D eigenvalue weighted by atomic mass is 9.96. The van der Waals surface area contributed by atoms with Crippen LogP contribution >= 0.6 is 11.3 Å². The molecule has 1 atom stereocenters. The summed E-state index contributed by atoms with van der Waals surface area (Å²) >= 11 is 1.70. The third-order valence-electron chi connectivity index (χ3n) is 4.41. The highest BCUT2D eigenvalue weighted by Gasteiger charge is 2.32. The fourth-order valence-corrected chi connectivity index (χ4v) is 4.20. The minimum Gasteiger partial charge on any atom is -0.335 e. The highest BCUT2D eigenvalue weighted by molar-refractivity contribution is 7.10. The summed E-state index contributed by atoms with van der Waals surface area (Å²) in [6, 6.07) is 7.11. The van der Waals surface area contributed by atoms with Crippen LogP contribution in [0.25, 0.3) is 0 Å². The monoisotopic (exact) mass is 353 g/mol. The van der Waals surface area contributed by atoms with Gasteiger partial charge in [-0.25, -0.2) is 0 Å². The molecule has 0 spiro atoms. The van der Waals surface area contributed by atoms with E-state index in [2.05, 4.69) is 6.07 Å². The van der Waals surface area contributed by atoms with Gasteiger partial charge in [-0.3, -0.25) is 4.79 Å². The summed E-state index contributed by atoms with van der Waals surface area (Å²) in [4.78, 5) is 15.8. The van der Waals surface area contributed by atoms with Gasteiger partial charge in [0.15, 0.2) is 0 Å². The molecule has 2 aromatic rings. The molecule has 0 saturated carbocycles. The molecule has 1 aliphatic rings. The first kappa shape index (κ1) is 17.0. The van der Waals surface area contributed by atoms with Crippen molar-refractivity contribution in [1.82, 2.24) is 4.90 Å². The van der Waals surface area contributed by atoms with Crippen LogP contribution in [0, 0.1) is 0 Å². The molecule has 6 heteroatoms. The molecule has 1 amide bonds. The topological polar surface area (TPSA) is 20.3 Å². The number of benzene rings is 1. The Hall–Kier alpha value is -1.82. The van der Waals surface area contributed by atoms with Crippen LogP contribution < -0.4 is 0 Å². The SMILES string of the molecule is CCC1c2ccsc2CCN1C(=O)Cc1cccc(C(F)(F)F)c1. The maximum Gasteiger partial charge on any atom is 0.416 e. The van der Waals surface area contributed by atoms with E-state index in [1.165, 1.54) is 16.5 Å². The third-order valence-corrected chi connectivity index (χ3v) is 5.41. The summed E-state index contributed by atoms with van der Waals surface area (Å²) in [6.45, 7) is 2.66. The average Bonchev–Trinajstić information content (AvgIpc) is 3.01. The molecule has 0 N–H and O–H groups in total. The predicted octanol–water partition coefficient (Wildman–Crippen LogP) is 4.85. The smallest absolute Gasteiger partial charge is 0.335 e. The van der Waals surface area contributed by atoms with Gasteiger partial charge in [-0.2, -0.15) is 13.2 Å². The summed E-state index contributed by atoms with van der Waals surface area (Å²) in [5.74, 6) is -0.113. The largest absolute Gasteiger partial charge is 0.416 e. The number of hydrogen-bond acceptors (Lipinski definition) is 2. The lowest BCUT2D eigenvalue weighted by Gasteiger charge is -2.35. The quantitative estimate of drug-likeness (QED) is 0.773. The predicted molar refractivity (Wildman–Crippen MR) is 87.9 cm³/mol. The summed E-state index contributed by atoms with van der Waals surface area (Å²) < 4.78 is 38.4. The van der Waals surface area contributed by atoms with Crippen molar-refractivity contribution in [2.24, 2.45) is 0 Å². The number of rotatable bonds is 3. The van der Waals surface area contributed by atoms with Gasteiger partial charge in [0.05, 0.1) is 18.0 Å². The molecular formula is C18H18F3NOS. The fourth-order valence-electron chi connectivity index (χ4n) is 3.27. The number of fused-ring (bicyclic) bond motifs is 1. The highest BCUT2D eigenvalue weighted by atomic mass is 32.1. The number of halogens is 3. The van der Waals surface area contributed by atoms with Crippen molar-refractivity contribution >= 4 is 17.2 Å². The Labute approximate surface area is 142 Å². The van der Waals surface area contributed by atoms with E-state index in [1.807, 2.05) is 17.2 Å². The maximum atomic E-state index is 12.8. The number of nitrogens with zero attached hydrogens (tertiary/aromatic N) is 1. The van der Waals surface area contributed by atoms with E-state index in [-0.39, 0.29) is 18.4 Å². The van der Waals surface area contributed by atoms with Crippen molar-refractivity contribution in [2.75, 3.05) is 6.54 Å². The molecule has 2 nitrogen and oxygen atoms in total. The van der Waals surface area contributed by atoms with Crippen molar-refractivity contribution in [3.05, 3.63) is 57.3 Å². The lowest BCUT2D eigenvalue weighted by Crippen LogP contribution is -2.40. The van der Waals surface area contributed by atoms with Crippen LogP contribution in [-0.4, -0.2) is 17.4 Å². The van der Waals surface area contributed by atoms with Crippen LogP contribution in [0.4, 0.5) is 13.2 Å². The van der Waals surface area contributed by atoms with Crippen molar-refractivity contribution in [3.8, 4) is 0 Å². The molecule has 24 heavy (non-hydrogen) atoms. The second-order valence-corrected chi connectivity index (χ2v) is 6.94. The van der Waals surface area contributed by atoms with Gasteiger partial charge >= 0.3 is 6.18 Å². The van der Waals surface area contributed by atoms with Crippen molar-refractivity contribution < 1.29 is 18.0 Å². The van der Waals surface area contributed by atoms with Crippen LogP contribution in [-0.2, 0) is 23.8 Å². The van der Waals surface area contributed by atoms with Gasteiger partial charge in [-0.1, -0.05) is 25.1 Å². The van der Waals surface area contributed by atoms with Gasteiger partial charge in [0.2, 0.25) is 5.91 Å². The maximum absolute atomic E-state index is 12.8. The van der Waals surface area contributed by atoms with E-state index in [0.717, 1.165) is 25.0 Å². The normalized spacial score (nSPS) is 17.7. The zero-order valence-electron chi connectivity index (χ0n) is 13.3. The average molecular weight is 353 g/mol. The van der Waals surface area contributed by atoms with E-state index in [1.54, 1.807) is 17.4 Å². The van der Waals surface area contributed by atoms with Crippen LogP contribution in [0.3, 0.4) is 0 Å². The molecule has 3 rings (SSSR count). The second-order valence-electron chi connectivity index (χ2n) is 5.94. The Morgan fingerprint density at radius 3 is 2.83 bits per heavy atom. The Bertz CT molecular complexity index is 738. The number of carbonyl (C=O) groups excluding carboxylic acids is 1. The zero-order chi connectivity index (χ0) is 17.3. The standard InChI is InChI=1S/C18H18F3NOS/c1-2-15-14-7-9-24-16(14)6-8-22(15)17(23)11-12-4-3-5-13(10-12)18(19,20)21/h3-5,7,9-10,15H,2,6,8,11H2,1H3. The van der Waals surface area contributed by atoms with Crippen LogP contribution in [0.15, 0.2) is 35.7 Å². The van der Waals surface area contributed by atoms with Gasteiger partial charge in [0.1, 0.15) is 0 Å². The number of alkyl halides is 3. The molecular weight excluding hydrogens is 335 g/mol. The summed E-state index contributed by atoms with van der Waals surface area (Å²) in [5, 5.41) is 2.04. The van der Waals surface area contributed by atoms with E-state index >= 15 is 0 Å². The number of thiophene rings is 1. The molecule has 0 saturated heterocycles.